The lowest BCUT2D eigenvalue weighted by Crippen LogP contribution is -2.61. The van der Waals surface area contributed by atoms with Crippen molar-refractivity contribution < 1.29 is 4.79 Å². The zero-order valence-electron chi connectivity index (χ0n) is 17.5. The minimum atomic E-state index is 0.111. The van der Waals surface area contributed by atoms with Crippen molar-refractivity contribution in [3.8, 4) is 0 Å². The number of aryl methyl sites for hydroxylation is 1. The van der Waals surface area contributed by atoms with Gasteiger partial charge in [-0.2, -0.15) is 0 Å². The topological polar surface area (TPSA) is 45.2 Å². The van der Waals surface area contributed by atoms with E-state index >= 15 is 0 Å². The lowest BCUT2D eigenvalue weighted by atomic mass is 9.69. The first-order valence-electron chi connectivity index (χ1n) is 11.1. The van der Waals surface area contributed by atoms with Gasteiger partial charge in [0.25, 0.3) is 5.91 Å². The summed E-state index contributed by atoms with van der Waals surface area (Å²) in [5.74, 6) is 0.111. The summed E-state index contributed by atoms with van der Waals surface area (Å²) < 4.78 is 0. The first-order chi connectivity index (χ1) is 14.1. The van der Waals surface area contributed by atoms with Crippen LogP contribution < -0.4 is 5.32 Å². The molecule has 2 saturated heterocycles. The van der Waals surface area contributed by atoms with Crippen molar-refractivity contribution in [1.82, 2.24) is 15.2 Å². The Balaban J connectivity index is 1.57. The molecule has 1 aromatic carbocycles. The molecule has 1 saturated carbocycles. The van der Waals surface area contributed by atoms with E-state index in [4.69, 9.17) is 0 Å². The highest BCUT2D eigenvalue weighted by Gasteiger charge is 2.59. The Hall–Kier alpha value is -2.20. The number of rotatable bonds is 3. The molecule has 3 fully saturated rings. The number of aromatic nitrogens is 1. The number of hydrogen-bond donors (Lipinski definition) is 1. The minimum Gasteiger partial charge on any atom is -0.329 e. The van der Waals surface area contributed by atoms with Crippen LogP contribution in [0.3, 0.4) is 0 Å². The average molecular weight is 390 g/mol. The van der Waals surface area contributed by atoms with Gasteiger partial charge in [-0.15, -0.1) is 0 Å². The first-order valence-corrected chi connectivity index (χ1v) is 11.1. The molecule has 3 aliphatic rings. The molecule has 4 heteroatoms. The summed E-state index contributed by atoms with van der Waals surface area (Å²) in [7, 11) is 0. The lowest BCUT2D eigenvalue weighted by Gasteiger charge is -2.51. The second-order valence-corrected chi connectivity index (χ2v) is 9.47. The monoisotopic (exact) mass is 389 g/mol. The number of nitrogens with zero attached hydrogens (tertiary/aromatic N) is 2. The zero-order valence-corrected chi connectivity index (χ0v) is 17.5. The predicted molar refractivity (Wildman–Crippen MR) is 115 cm³/mol. The Morgan fingerprint density at radius 2 is 1.93 bits per heavy atom. The number of likely N-dealkylation sites (tertiary alicyclic amines) is 1. The lowest BCUT2D eigenvalue weighted by molar-refractivity contribution is 0.00270. The Bertz CT molecular complexity index is 898. The van der Waals surface area contributed by atoms with E-state index in [2.05, 4.69) is 52.5 Å². The van der Waals surface area contributed by atoms with Crippen molar-refractivity contribution in [3.05, 3.63) is 65.5 Å². The van der Waals surface area contributed by atoms with Crippen LogP contribution in [0, 0.1) is 12.3 Å². The zero-order chi connectivity index (χ0) is 20.0. The van der Waals surface area contributed by atoms with Crippen molar-refractivity contribution in [2.24, 2.45) is 5.41 Å². The second-order valence-electron chi connectivity index (χ2n) is 9.47. The molecule has 2 aliphatic heterocycles. The number of carbonyl (C=O) groups is 1. The van der Waals surface area contributed by atoms with E-state index in [1.54, 1.807) is 0 Å². The summed E-state index contributed by atoms with van der Waals surface area (Å²) in [6, 6.07) is 17.8. The quantitative estimate of drug-likeness (QED) is 0.858. The van der Waals surface area contributed by atoms with Crippen LogP contribution in [0.15, 0.2) is 48.5 Å². The SMILES string of the molecule is Cc1cccc(C(=O)N2[C@H](Cc3ccccc3)[C@@H]3C[C@@]4(C)[C@H](CCCC[C@@H]24)N3)n1. The molecule has 2 aromatic rings. The molecule has 5 rings (SSSR count). The van der Waals surface area contributed by atoms with E-state index < -0.39 is 0 Å². The summed E-state index contributed by atoms with van der Waals surface area (Å²) >= 11 is 0. The number of carbonyl (C=O) groups excluding carboxylic acids is 1. The molecular formula is C25H31N3O. The fourth-order valence-corrected chi connectivity index (χ4v) is 6.23. The Morgan fingerprint density at radius 1 is 1.14 bits per heavy atom. The third-order valence-electron chi connectivity index (χ3n) is 7.64. The molecule has 0 unspecified atom stereocenters. The number of fused-ring (bicyclic) bond motifs is 1. The maximum atomic E-state index is 13.9. The smallest absolute Gasteiger partial charge is 0.273 e. The average Bonchev–Trinajstić information content (AvgIpc) is 2.93. The molecule has 1 N–H and O–H groups in total. The van der Waals surface area contributed by atoms with Crippen LogP contribution in [0.5, 0.6) is 0 Å². The van der Waals surface area contributed by atoms with Gasteiger partial charge < -0.3 is 10.2 Å². The van der Waals surface area contributed by atoms with Crippen molar-refractivity contribution in [1.29, 1.82) is 0 Å². The number of benzene rings is 1. The molecule has 5 atom stereocenters. The maximum Gasteiger partial charge on any atom is 0.273 e. The van der Waals surface area contributed by atoms with E-state index in [0.717, 1.165) is 18.5 Å². The van der Waals surface area contributed by atoms with Gasteiger partial charge in [0, 0.05) is 29.2 Å². The highest BCUT2D eigenvalue weighted by atomic mass is 16.2. The van der Waals surface area contributed by atoms with E-state index in [-0.39, 0.29) is 23.4 Å². The molecule has 3 heterocycles. The number of piperidine rings is 1. The van der Waals surface area contributed by atoms with Crippen molar-refractivity contribution in [2.45, 2.75) is 76.5 Å². The van der Waals surface area contributed by atoms with Gasteiger partial charge in [0.2, 0.25) is 0 Å². The van der Waals surface area contributed by atoms with Crippen LogP contribution in [0.4, 0.5) is 0 Å². The van der Waals surface area contributed by atoms with Crippen LogP contribution in [-0.2, 0) is 6.42 Å². The predicted octanol–water partition coefficient (Wildman–Crippen LogP) is 4.14. The van der Waals surface area contributed by atoms with E-state index in [9.17, 15) is 4.79 Å². The first kappa shape index (κ1) is 18.8. The number of pyridine rings is 1. The van der Waals surface area contributed by atoms with Crippen molar-refractivity contribution in [3.63, 3.8) is 0 Å². The fraction of sp³-hybridized carbons (Fsp3) is 0.520. The summed E-state index contributed by atoms with van der Waals surface area (Å²) in [5, 5.41) is 3.97. The van der Waals surface area contributed by atoms with E-state index in [0.29, 0.717) is 17.8 Å². The largest absolute Gasteiger partial charge is 0.329 e. The van der Waals surface area contributed by atoms with Gasteiger partial charge in [-0.3, -0.25) is 4.79 Å². The third-order valence-corrected chi connectivity index (χ3v) is 7.64. The Morgan fingerprint density at radius 3 is 2.72 bits per heavy atom. The normalized spacial score (nSPS) is 33.4. The molecule has 1 aromatic heterocycles. The highest BCUT2D eigenvalue weighted by molar-refractivity contribution is 5.93. The Kier molecular flexibility index (Phi) is 4.70. The standard InChI is InChI=1S/C25H31N3O/c1-17-9-8-12-19(26-17)24(29)28-21(15-18-10-4-3-5-11-18)20-16-25(2)22(27-20)13-6-7-14-23(25)28/h3-5,8-12,20-23,27H,6-7,13-16H2,1-2H3/t20-,21+,22-,23+,25-/m0/s1. The van der Waals surface area contributed by atoms with Crippen molar-refractivity contribution in [2.75, 3.05) is 0 Å². The molecule has 29 heavy (non-hydrogen) atoms. The van der Waals surface area contributed by atoms with Crippen LogP contribution in [0.1, 0.15) is 60.8 Å². The Labute approximate surface area is 173 Å². The number of amides is 1. The molecule has 4 nitrogen and oxygen atoms in total. The minimum absolute atomic E-state index is 0.111. The van der Waals surface area contributed by atoms with E-state index in [1.807, 2.05) is 25.1 Å². The second kappa shape index (κ2) is 7.24. The molecule has 0 radical (unpaired) electrons. The molecular weight excluding hydrogens is 358 g/mol. The van der Waals surface area contributed by atoms with Gasteiger partial charge in [-0.25, -0.2) is 4.98 Å². The summed E-state index contributed by atoms with van der Waals surface area (Å²) in [6.07, 6.45) is 6.85. The van der Waals surface area contributed by atoms with Gasteiger partial charge >= 0.3 is 0 Å². The highest BCUT2D eigenvalue weighted by Crippen LogP contribution is 2.51. The van der Waals surface area contributed by atoms with Gasteiger partial charge in [0.1, 0.15) is 5.69 Å². The van der Waals surface area contributed by atoms with Gasteiger partial charge in [-0.1, -0.05) is 56.2 Å². The third kappa shape index (κ3) is 3.18. The number of nitrogens with one attached hydrogen (secondary N) is 1. The van der Waals surface area contributed by atoms with E-state index in [1.165, 1.54) is 31.2 Å². The molecule has 1 amide bonds. The summed E-state index contributed by atoms with van der Waals surface area (Å²) in [5.41, 5.74) is 2.96. The molecule has 0 spiro atoms. The van der Waals surface area contributed by atoms with Gasteiger partial charge in [-0.05, 0) is 50.3 Å². The van der Waals surface area contributed by atoms with Crippen LogP contribution in [-0.4, -0.2) is 40.0 Å². The van der Waals surface area contributed by atoms with Crippen LogP contribution in [0.25, 0.3) is 0 Å². The molecule has 1 aliphatic carbocycles. The number of hydrogen-bond acceptors (Lipinski definition) is 3. The van der Waals surface area contributed by atoms with Crippen LogP contribution in [0.2, 0.25) is 0 Å². The summed E-state index contributed by atoms with van der Waals surface area (Å²) in [4.78, 5) is 20.7. The van der Waals surface area contributed by atoms with Crippen molar-refractivity contribution >= 4 is 5.91 Å². The van der Waals surface area contributed by atoms with Gasteiger partial charge in [0.05, 0.1) is 6.04 Å². The fourth-order valence-electron chi connectivity index (χ4n) is 6.23. The van der Waals surface area contributed by atoms with Gasteiger partial charge in [0.15, 0.2) is 0 Å². The maximum absolute atomic E-state index is 13.9. The molecule has 152 valence electrons. The summed E-state index contributed by atoms with van der Waals surface area (Å²) in [6.45, 7) is 4.38. The van der Waals surface area contributed by atoms with Crippen LogP contribution >= 0.6 is 0 Å². The molecule has 2 bridgehead atoms.